The van der Waals surface area contributed by atoms with Crippen LogP contribution in [0.3, 0.4) is 0 Å². The summed E-state index contributed by atoms with van der Waals surface area (Å²) in [6.45, 7) is 4.33. The van der Waals surface area contributed by atoms with E-state index in [4.69, 9.17) is 4.74 Å². The number of nitrogens with zero attached hydrogens (tertiary/aromatic N) is 1. The molecule has 3 rings (SSSR count). The second kappa shape index (κ2) is 7.90. The van der Waals surface area contributed by atoms with Crippen LogP contribution < -0.4 is 5.32 Å². The Balaban J connectivity index is 1.46. The first-order valence-corrected chi connectivity index (χ1v) is 8.61. The average molecular weight is 318 g/mol. The van der Waals surface area contributed by atoms with Gasteiger partial charge < -0.3 is 15.2 Å². The van der Waals surface area contributed by atoms with Crippen LogP contribution in [-0.4, -0.2) is 48.8 Å². The van der Waals surface area contributed by atoms with Crippen LogP contribution in [0.25, 0.3) is 0 Å². The minimum Gasteiger partial charge on any atom is -0.388 e. The molecule has 1 aliphatic carbocycles. The predicted octanol–water partition coefficient (Wildman–Crippen LogP) is 2.18. The van der Waals surface area contributed by atoms with Gasteiger partial charge in [0.15, 0.2) is 0 Å². The Morgan fingerprint density at radius 3 is 2.57 bits per heavy atom. The van der Waals surface area contributed by atoms with Gasteiger partial charge in [-0.2, -0.15) is 0 Å². The first-order chi connectivity index (χ1) is 11.2. The highest BCUT2D eigenvalue weighted by Gasteiger charge is 2.25. The fraction of sp³-hybridized carbons (Fsp3) is 0.611. The molecular formula is C18H26N2O3. The van der Waals surface area contributed by atoms with Crippen molar-refractivity contribution in [3.05, 3.63) is 29.8 Å². The average Bonchev–Trinajstić information content (AvgIpc) is 2.52. The molecule has 1 unspecified atom stereocenters. The number of rotatable bonds is 6. The third kappa shape index (κ3) is 4.53. The van der Waals surface area contributed by atoms with Crippen molar-refractivity contribution in [1.29, 1.82) is 0 Å². The molecule has 0 aromatic heterocycles. The lowest BCUT2D eigenvalue weighted by Gasteiger charge is -2.27. The van der Waals surface area contributed by atoms with Gasteiger partial charge in [0, 0.05) is 31.2 Å². The largest absolute Gasteiger partial charge is 0.388 e. The van der Waals surface area contributed by atoms with Gasteiger partial charge in [0.05, 0.1) is 19.3 Å². The van der Waals surface area contributed by atoms with Gasteiger partial charge in [0.2, 0.25) is 5.91 Å². The standard InChI is InChI=1S/C18H26N2O3/c21-17(8-9-20-10-12-23-13-11-20)14-4-6-16(7-5-14)19-18(22)15-2-1-3-15/h4-7,15,17,21H,1-3,8-13H2,(H,19,22). The van der Waals surface area contributed by atoms with Gasteiger partial charge in [-0.1, -0.05) is 18.6 Å². The van der Waals surface area contributed by atoms with E-state index in [-0.39, 0.29) is 11.8 Å². The number of hydrogen-bond donors (Lipinski definition) is 2. The molecule has 1 aromatic rings. The monoisotopic (exact) mass is 318 g/mol. The molecule has 1 atom stereocenters. The van der Waals surface area contributed by atoms with Crippen molar-refractivity contribution >= 4 is 11.6 Å². The summed E-state index contributed by atoms with van der Waals surface area (Å²) in [6.07, 6.45) is 3.42. The zero-order chi connectivity index (χ0) is 16.1. The van der Waals surface area contributed by atoms with Crippen molar-refractivity contribution in [3.63, 3.8) is 0 Å². The maximum absolute atomic E-state index is 11.9. The predicted molar refractivity (Wildman–Crippen MR) is 89.2 cm³/mol. The van der Waals surface area contributed by atoms with E-state index >= 15 is 0 Å². The molecule has 1 amide bonds. The Hall–Kier alpha value is -1.43. The van der Waals surface area contributed by atoms with Crippen molar-refractivity contribution in [3.8, 4) is 0 Å². The molecule has 0 bridgehead atoms. The molecule has 5 heteroatoms. The molecule has 1 aromatic carbocycles. The second-order valence-electron chi connectivity index (χ2n) is 6.50. The Morgan fingerprint density at radius 2 is 1.96 bits per heavy atom. The van der Waals surface area contributed by atoms with Gasteiger partial charge >= 0.3 is 0 Å². The fourth-order valence-electron chi connectivity index (χ4n) is 3.00. The lowest BCUT2D eigenvalue weighted by Crippen LogP contribution is -2.37. The number of benzene rings is 1. The van der Waals surface area contributed by atoms with Crippen LogP contribution in [-0.2, 0) is 9.53 Å². The Kier molecular flexibility index (Phi) is 5.65. The highest BCUT2D eigenvalue weighted by Crippen LogP contribution is 2.28. The smallest absolute Gasteiger partial charge is 0.227 e. The summed E-state index contributed by atoms with van der Waals surface area (Å²) in [5, 5.41) is 13.3. The molecule has 23 heavy (non-hydrogen) atoms. The number of ether oxygens (including phenoxy) is 1. The molecule has 1 saturated carbocycles. The van der Waals surface area contributed by atoms with Crippen molar-refractivity contribution < 1.29 is 14.6 Å². The van der Waals surface area contributed by atoms with Crippen LogP contribution >= 0.6 is 0 Å². The van der Waals surface area contributed by atoms with Crippen LogP contribution in [0.5, 0.6) is 0 Å². The molecule has 2 fully saturated rings. The zero-order valence-corrected chi connectivity index (χ0v) is 13.5. The summed E-state index contributed by atoms with van der Waals surface area (Å²) >= 11 is 0. The molecule has 5 nitrogen and oxygen atoms in total. The minimum absolute atomic E-state index is 0.122. The van der Waals surface area contributed by atoms with Crippen LogP contribution in [0.4, 0.5) is 5.69 Å². The normalized spacial score (nSPS) is 20.7. The van der Waals surface area contributed by atoms with Gasteiger partial charge in [0.1, 0.15) is 0 Å². The number of morpholine rings is 1. The molecule has 2 N–H and O–H groups in total. The van der Waals surface area contributed by atoms with E-state index < -0.39 is 6.10 Å². The number of hydrogen-bond acceptors (Lipinski definition) is 4. The minimum atomic E-state index is -0.464. The summed E-state index contributed by atoms with van der Waals surface area (Å²) in [5.74, 6) is 0.311. The lowest BCUT2D eigenvalue weighted by molar-refractivity contribution is -0.122. The zero-order valence-electron chi connectivity index (χ0n) is 13.5. The van der Waals surface area contributed by atoms with Gasteiger partial charge in [-0.15, -0.1) is 0 Å². The lowest BCUT2D eigenvalue weighted by atomic mass is 9.85. The molecule has 0 spiro atoms. The van der Waals surface area contributed by atoms with Crippen molar-refractivity contribution in [2.75, 3.05) is 38.2 Å². The summed E-state index contributed by atoms with van der Waals surface area (Å²) in [4.78, 5) is 14.2. The molecule has 2 aliphatic rings. The van der Waals surface area contributed by atoms with Crippen LogP contribution in [0, 0.1) is 5.92 Å². The van der Waals surface area contributed by atoms with E-state index in [9.17, 15) is 9.90 Å². The molecule has 1 aliphatic heterocycles. The second-order valence-corrected chi connectivity index (χ2v) is 6.50. The topological polar surface area (TPSA) is 61.8 Å². The number of amides is 1. The number of carbonyl (C=O) groups is 1. The number of anilines is 1. The quantitative estimate of drug-likeness (QED) is 0.844. The van der Waals surface area contributed by atoms with Crippen LogP contribution in [0.15, 0.2) is 24.3 Å². The summed E-state index contributed by atoms with van der Waals surface area (Å²) in [5.41, 5.74) is 1.71. The van der Waals surface area contributed by atoms with E-state index in [1.54, 1.807) is 0 Å². The summed E-state index contributed by atoms with van der Waals surface area (Å²) < 4.78 is 5.33. The SMILES string of the molecule is O=C(Nc1ccc(C(O)CCN2CCOCC2)cc1)C1CCC1. The van der Waals surface area contributed by atoms with Crippen molar-refractivity contribution in [2.24, 2.45) is 5.92 Å². The van der Waals surface area contributed by atoms with Gasteiger partial charge in [-0.3, -0.25) is 9.69 Å². The fourth-order valence-corrected chi connectivity index (χ4v) is 3.00. The van der Waals surface area contributed by atoms with E-state index in [2.05, 4.69) is 10.2 Å². The number of aliphatic hydroxyl groups is 1. The number of aliphatic hydroxyl groups excluding tert-OH is 1. The first kappa shape index (κ1) is 16.4. The van der Waals surface area contributed by atoms with Crippen LogP contribution in [0.1, 0.15) is 37.4 Å². The third-order valence-corrected chi connectivity index (χ3v) is 4.86. The maximum atomic E-state index is 11.9. The van der Waals surface area contributed by atoms with Gasteiger partial charge in [-0.05, 0) is 37.0 Å². The number of nitrogens with one attached hydrogen (secondary N) is 1. The third-order valence-electron chi connectivity index (χ3n) is 4.86. The Bertz CT molecular complexity index is 508. The first-order valence-electron chi connectivity index (χ1n) is 8.61. The van der Waals surface area contributed by atoms with Gasteiger partial charge in [-0.25, -0.2) is 0 Å². The summed E-state index contributed by atoms with van der Waals surface area (Å²) in [6, 6.07) is 7.56. The highest BCUT2D eigenvalue weighted by molar-refractivity contribution is 5.92. The van der Waals surface area contributed by atoms with E-state index in [0.717, 1.165) is 63.4 Å². The van der Waals surface area contributed by atoms with Crippen LogP contribution in [0.2, 0.25) is 0 Å². The van der Waals surface area contributed by atoms with Crippen molar-refractivity contribution in [1.82, 2.24) is 4.90 Å². The van der Waals surface area contributed by atoms with E-state index in [0.29, 0.717) is 6.42 Å². The molecule has 126 valence electrons. The summed E-state index contributed by atoms with van der Waals surface area (Å²) in [7, 11) is 0. The molecular weight excluding hydrogens is 292 g/mol. The Morgan fingerprint density at radius 1 is 1.26 bits per heavy atom. The molecule has 1 heterocycles. The van der Waals surface area contributed by atoms with E-state index in [1.807, 2.05) is 24.3 Å². The molecule has 1 saturated heterocycles. The Labute approximate surface area is 137 Å². The highest BCUT2D eigenvalue weighted by atomic mass is 16.5. The molecule has 0 radical (unpaired) electrons. The number of carbonyl (C=O) groups excluding carboxylic acids is 1. The maximum Gasteiger partial charge on any atom is 0.227 e. The van der Waals surface area contributed by atoms with E-state index in [1.165, 1.54) is 0 Å². The van der Waals surface area contributed by atoms with Crippen molar-refractivity contribution in [2.45, 2.75) is 31.8 Å². The van der Waals surface area contributed by atoms with Gasteiger partial charge in [0.25, 0.3) is 0 Å².